The lowest BCUT2D eigenvalue weighted by Crippen LogP contribution is -2.26. The molecule has 0 aliphatic heterocycles. The zero-order valence-electron chi connectivity index (χ0n) is 10.6. The quantitative estimate of drug-likeness (QED) is 0.815. The van der Waals surface area contributed by atoms with Gasteiger partial charge < -0.3 is 15.6 Å². The first-order valence-electron chi connectivity index (χ1n) is 5.50. The first-order chi connectivity index (χ1) is 8.26. The van der Waals surface area contributed by atoms with Gasteiger partial charge in [-0.05, 0) is 32.2 Å². The highest BCUT2D eigenvalue weighted by Crippen LogP contribution is 2.27. The number of carboxylic acids is 1. The van der Waals surface area contributed by atoms with Crippen molar-refractivity contribution in [1.82, 2.24) is 0 Å². The summed E-state index contributed by atoms with van der Waals surface area (Å²) in [5.74, 6) is -2.42. The molecule has 100 valence electrons. The lowest BCUT2D eigenvalue weighted by Gasteiger charge is -2.20. The van der Waals surface area contributed by atoms with Gasteiger partial charge in [-0.1, -0.05) is 0 Å². The summed E-state index contributed by atoms with van der Waals surface area (Å²) in [5, 5.41) is 10.7. The molecule has 18 heavy (non-hydrogen) atoms. The van der Waals surface area contributed by atoms with Crippen LogP contribution in [0.5, 0.6) is 0 Å². The first kappa shape index (κ1) is 14.7. The Hall–Kier alpha value is -1.40. The van der Waals surface area contributed by atoms with Crippen LogP contribution in [0.3, 0.4) is 0 Å². The van der Waals surface area contributed by atoms with Crippen molar-refractivity contribution in [3.63, 3.8) is 0 Å². The van der Waals surface area contributed by atoms with Crippen molar-refractivity contribution in [3.8, 4) is 0 Å². The Labute approximate surface area is 110 Å². The molecule has 0 radical (unpaired) electrons. The van der Waals surface area contributed by atoms with Gasteiger partial charge in [0.2, 0.25) is 0 Å². The predicted molar refractivity (Wildman–Crippen MR) is 68.9 cm³/mol. The van der Waals surface area contributed by atoms with Crippen molar-refractivity contribution < 1.29 is 19.4 Å². The van der Waals surface area contributed by atoms with Gasteiger partial charge in [-0.25, -0.2) is 4.79 Å². The van der Waals surface area contributed by atoms with Gasteiger partial charge in [0.25, 0.3) is 0 Å². The maximum atomic E-state index is 11.9. The third-order valence-corrected chi connectivity index (χ3v) is 3.19. The van der Waals surface area contributed by atoms with Crippen molar-refractivity contribution in [3.05, 3.63) is 21.9 Å². The molecule has 0 bridgehead atoms. The minimum Gasteiger partial charge on any atom is -0.481 e. The van der Waals surface area contributed by atoms with Crippen molar-refractivity contribution in [2.45, 2.75) is 32.3 Å². The molecule has 3 N–H and O–H groups in total. The average molecular weight is 271 g/mol. The van der Waals surface area contributed by atoms with Crippen molar-refractivity contribution in [2.75, 3.05) is 6.54 Å². The SMILES string of the molecule is CC(C)(C)OC(=O)c1ccsc1C(CN)C(=O)O. The molecule has 0 fully saturated rings. The maximum absolute atomic E-state index is 11.9. The van der Waals surface area contributed by atoms with Gasteiger partial charge >= 0.3 is 11.9 Å². The highest BCUT2D eigenvalue weighted by molar-refractivity contribution is 7.10. The van der Waals surface area contributed by atoms with Crippen molar-refractivity contribution in [1.29, 1.82) is 0 Å². The first-order valence-corrected chi connectivity index (χ1v) is 6.38. The predicted octanol–water partition coefficient (Wildman–Crippen LogP) is 1.83. The summed E-state index contributed by atoms with van der Waals surface area (Å²) in [6.07, 6.45) is 0. The number of aliphatic carboxylic acids is 1. The van der Waals surface area contributed by atoms with Gasteiger partial charge in [0.15, 0.2) is 0 Å². The van der Waals surface area contributed by atoms with Crippen LogP contribution < -0.4 is 5.73 Å². The largest absolute Gasteiger partial charge is 0.481 e. The molecule has 6 heteroatoms. The molecule has 0 amide bonds. The zero-order valence-corrected chi connectivity index (χ0v) is 11.4. The van der Waals surface area contributed by atoms with Gasteiger partial charge in [0, 0.05) is 11.4 Å². The van der Waals surface area contributed by atoms with E-state index < -0.39 is 23.5 Å². The summed E-state index contributed by atoms with van der Waals surface area (Å²) in [6.45, 7) is 5.23. The third kappa shape index (κ3) is 3.54. The Morgan fingerprint density at radius 2 is 2.11 bits per heavy atom. The highest BCUT2D eigenvalue weighted by Gasteiger charge is 2.28. The van der Waals surface area contributed by atoms with E-state index in [9.17, 15) is 9.59 Å². The molecule has 1 aromatic heterocycles. The fraction of sp³-hybridized carbons (Fsp3) is 0.500. The normalized spacial score (nSPS) is 13.1. The van der Waals surface area contributed by atoms with Crippen LogP contribution in [0.1, 0.15) is 41.9 Å². The molecule has 0 saturated carbocycles. The molecule has 1 rings (SSSR count). The summed E-state index contributed by atoms with van der Waals surface area (Å²) in [6, 6.07) is 1.57. The average Bonchev–Trinajstić information content (AvgIpc) is 2.64. The summed E-state index contributed by atoms with van der Waals surface area (Å²) in [4.78, 5) is 23.4. The van der Waals surface area contributed by atoms with E-state index in [1.807, 2.05) is 0 Å². The van der Waals surface area contributed by atoms with E-state index in [4.69, 9.17) is 15.6 Å². The standard InChI is InChI=1S/C12H17NO4S/c1-12(2,3)17-11(16)7-4-5-18-9(7)8(6-13)10(14)15/h4-5,8H,6,13H2,1-3H3,(H,14,15). The lowest BCUT2D eigenvalue weighted by molar-refractivity contribution is -0.138. The highest BCUT2D eigenvalue weighted by atomic mass is 32.1. The number of ether oxygens (including phenoxy) is 1. The number of hydrogen-bond donors (Lipinski definition) is 2. The van der Waals surface area contributed by atoms with E-state index in [1.165, 1.54) is 11.3 Å². The van der Waals surface area contributed by atoms with Crippen LogP contribution in [0, 0.1) is 0 Å². The number of esters is 1. The van der Waals surface area contributed by atoms with Crippen LogP contribution >= 0.6 is 11.3 Å². The zero-order chi connectivity index (χ0) is 13.9. The molecule has 0 aromatic carbocycles. The molecule has 1 aromatic rings. The Morgan fingerprint density at radius 3 is 2.56 bits per heavy atom. The Balaban J connectivity index is 3.02. The Bertz CT molecular complexity index is 447. The molecule has 1 unspecified atom stereocenters. The molecule has 1 atom stereocenters. The van der Waals surface area contributed by atoms with Gasteiger partial charge in [-0.3, -0.25) is 4.79 Å². The lowest BCUT2D eigenvalue weighted by atomic mass is 10.0. The smallest absolute Gasteiger partial charge is 0.339 e. The van der Waals surface area contributed by atoms with Gasteiger partial charge in [-0.15, -0.1) is 11.3 Å². The molecular formula is C12H17NO4S. The van der Waals surface area contributed by atoms with Gasteiger partial charge in [0.05, 0.1) is 5.56 Å². The van der Waals surface area contributed by atoms with E-state index in [0.29, 0.717) is 4.88 Å². The number of carboxylic acid groups (broad SMARTS) is 1. The molecule has 0 saturated heterocycles. The molecular weight excluding hydrogens is 254 g/mol. The monoisotopic (exact) mass is 271 g/mol. The number of nitrogens with two attached hydrogens (primary N) is 1. The van der Waals surface area contributed by atoms with E-state index in [2.05, 4.69) is 0 Å². The van der Waals surface area contributed by atoms with Crippen LogP contribution in [0.25, 0.3) is 0 Å². The Kier molecular flexibility index (Phi) is 4.48. The minimum atomic E-state index is -1.04. The molecule has 1 heterocycles. The summed E-state index contributed by atoms with van der Waals surface area (Å²) in [5.41, 5.74) is 5.11. The van der Waals surface area contributed by atoms with Crippen molar-refractivity contribution in [2.24, 2.45) is 5.73 Å². The van der Waals surface area contributed by atoms with Crippen LogP contribution in [0.15, 0.2) is 11.4 Å². The van der Waals surface area contributed by atoms with E-state index in [1.54, 1.807) is 32.2 Å². The number of rotatable bonds is 4. The van der Waals surface area contributed by atoms with Crippen molar-refractivity contribution >= 4 is 23.3 Å². The second kappa shape index (κ2) is 5.49. The second-order valence-electron chi connectivity index (χ2n) is 4.83. The number of thiophene rings is 1. The second-order valence-corrected chi connectivity index (χ2v) is 5.77. The number of carbonyl (C=O) groups is 2. The number of hydrogen-bond acceptors (Lipinski definition) is 5. The molecule has 0 aliphatic carbocycles. The fourth-order valence-electron chi connectivity index (χ4n) is 1.41. The van der Waals surface area contributed by atoms with Crippen LogP contribution in [0.4, 0.5) is 0 Å². The summed E-state index contributed by atoms with van der Waals surface area (Å²) in [7, 11) is 0. The fourth-order valence-corrected chi connectivity index (χ4v) is 2.40. The maximum Gasteiger partial charge on any atom is 0.339 e. The summed E-state index contributed by atoms with van der Waals surface area (Å²) >= 11 is 1.20. The van der Waals surface area contributed by atoms with E-state index in [0.717, 1.165) is 0 Å². The van der Waals surface area contributed by atoms with Crippen LogP contribution in [-0.4, -0.2) is 29.2 Å². The summed E-state index contributed by atoms with van der Waals surface area (Å²) < 4.78 is 5.23. The van der Waals surface area contributed by atoms with Gasteiger partial charge in [-0.2, -0.15) is 0 Å². The van der Waals surface area contributed by atoms with Crippen LogP contribution in [-0.2, 0) is 9.53 Å². The third-order valence-electron chi connectivity index (χ3n) is 2.16. The van der Waals surface area contributed by atoms with E-state index >= 15 is 0 Å². The number of carbonyl (C=O) groups excluding carboxylic acids is 1. The topological polar surface area (TPSA) is 89.6 Å². The minimum absolute atomic E-state index is 0.0500. The Morgan fingerprint density at radius 1 is 1.50 bits per heavy atom. The van der Waals surface area contributed by atoms with Gasteiger partial charge in [0.1, 0.15) is 11.5 Å². The van der Waals surface area contributed by atoms with Crippen LogP contribution in [0.2, 0.25) is 0 Å². The van der Waals surface area contributed by atoms with E-state index in [-0.39, 0.29) is 12.1 Å². The molecule has 0 spiro atoms. The molecule has 0 aliphatic rings. The molecule has 5 nitrogen and oxygen atoms in total.